The molecule has 3 rings (SSSR count). The lowest BCUT2D eigenvalue weighted by molar-refractivity contribution is 0.0702. The predicted octanol–water partition coefficient (Wildman–Crippen LogP) is 2.38. The largest absolute Gasteiger partial charge is 0.335 e. The maximum atomic E-state index is 13.9. The van der Waals surface area contributed by atoms with Crippen LogP contribution < -0.4 is 0 Å². The second-order valence-corrected chi connectivity index (χ2v) is 8.93. The summed E-state index contributed by atoms with van der Waals surface area (Å²) in [5, 5.41) is 0. The molecule has 2 aromatic rings. The third-order valence-electron chi connectivity index (χ3n) is 4.21. The summed E-state index contributed by atoms with van der Waals surface area (Å²) < 4.78 is 53.8. The lowest BCUT2D eigenvalue weighted by Crippen LogP contribution is -2.50. The van der Waals surface area contributed by atoms with Crippen molar-refractivity contribution in [2.75, 3.05) is 26.2 Å². The van der Waals surface area contributed by atoms with Gasteiger partial charge in [0.15, 0.2) is 10.7 Å². The molecule has 1 aliphatic rings. The molecule has 0 radical (unpaired) electrons. The van der Waals surface area contributed by atoms with Gasteiger partial charge >= 0.3 is 0 Å². The van der Waals surface area contributed by atoms with Crippen molar-refractivity contribution in [3.8, 4) is 0 Å². The molecule has 27 heavy (non-hydrogen) atoms. The number of thiophene rings is 1. The van der Waals surface area contributed by atoms with Crippen LogP contribution in [0.25, 0.3) is 0 Å². The SMILES string of the molecule is CC(=O)c1ccc(C(=O)N2CCN(S(=O)(=O)c3c(F)cccc3F)CC2)s1. The number of carbonyl (C=O) groups is 2. The van der Waals surface area contributed by atoms with Gasteiger partial charge in [0.1, 0.15) is 11.6 Å². The molecule has 0 atom stereocenters. The summed E-state index contributed by atoms with van der Waals surface area (Å²) in [6.45, 7) is 1.42. The number of halogens is 2. The molecule has 1 amide bonds. The number of Topliss-reactive ketones (excluding diaryl/α,β-unsaturated/α-hetero) is 1. The van der Waals surface area contributed by atoms with Crippen molar-refractivity contribution in [1.29, 1.82) is 0 Å². The van der Waals surface area contributed by atoms with E-state index in [-0.39, 0.29) is 37.9 Å². The van der Waals surface area contributed by atoms with E-state index in [9.17, 15) is 26.8 Å². The fraction of sp³-hybridized carbons (Fsp3) is 0.294. The highest BCUT2D eigenvalue weighted by molar-refractivity contribution is 7.89. The summed E-state index contributed by atoms with van der Waals surface area (Å²) in [6, 6.07) is 6.00. The Hall–Kier alpha value is -2.17. The molecule has 1 aromatic heterocycles. The minimum atomic E-state index is -4.34. The summed E-state index contributed by atoms with van der Waals surface area (Å²) in [5.41, 5.74) is 0. The monoisotopic (exact) mass is 414 g/mol. The Kier molecular flexibility index (Phi) is 5.41. The fourth-order valence-corrected chi connectivity index (χ4v) is 5.19. The number of benzene rings is 1. The van der Waals surface area contributed by atoms with Crippen molar-refractivity contribution < 1.29 is 26.8 Å². The molecule has 2 heterocycles. The van der Waals surface area contributed by atoms with Crippen molar-refractivity contribution in [3.05, 3.63) is 51.7 Å². The molecule has 10 heteroatoms. The van der Waals surface area contributed by atoms with Crippen molar-refractivity contribution >= 4 is 33.1 Å². The summed E-state index contributed by atoms with van der Waals surface area (Å²) in [7, 11) is -4.34. The van der Waals surface area contributed by atoms with E-state index in [1.807, 2.05) is 0 Å². The topological polar surface area (TPSA) is 74.8 Å². The Morgan fingerprint density at radius 3 is 2.04 bits per heavy atom. The predicted molar refractivity (Wildman–Crippen MR) is 95.3 cm³/mol. The molecular weight excluding hydrogens is 398 g/mol. The molecule has 1 aliphatic heterocycles. The van der Waals surface area contributed by atoms with Crippen LogP contribution in [-0.2, 0) is 10.0 Å². The van der Waals surface area contributed by atoms with Crippen LogP contribution >= 0.6 is 11.3 Å². The zero-order chi connectivity index (χ0) is 19.8. The molecule has 0 spiro atoms. The van der Waals surface area contributed by atoms with Crippen LogP contribution in [0.4, 0.5) is 8.78 Å². The van der Waals surface area contributed by atoms with Crippen LogP contribution in [0.2, 0.25) is 0 Å². The average Bonchev–Trinajstić information content (AvgIpc) is 3.11. The van der Waals surface area contributed by atoms with E-state index in [1.165, 1.54) is 11.8 Å². The second-order valence-electron chi connectivity index (χ2n) is 5.97. The Balaban J connectivity index is 1.73. The molecule has 0 bridgehead atoms. The number of carbonyl (C=O) groups excluding carboxylic acids is 2. The van der Waals surface area contributed by atoms with Crippen LogP contribution in [-0.4, -0.2) is 55.5 Å². The maximum Gasteiger partial charge on any atom is 0.264 e. The number of hydrogen-bond donors (Lipinski definition) is 0. The molecule has 1 fully saturated rings. The molecule has 6 nitrogen and oxygen atoms in total. The van der Waals surface area contributed by atoms with Gasteiger partial charge in [0, 0.05) is 26.2 Å². The van der Waals surface area contributed by atoms with Gasteiger partial charge in [-0.1, -0.05) is 6.07 Å². The number of sulfonamides is 1. The van der Waals surface area contributed by atoms with Crippen LogP contribution in [0.1, 0.15) is 26.3 Å². The number of hydrogen-bond acceptors (Lipinski definition) is 5. The summed E-state index contributed by atoms with van der Waals surface area (Å²) >= 11 is 1.08. The van der Waals surface area contributed by atoms with Crippen molar-refractivity contribution in [3.63, 3.8) is 0 Å². The van der Waals surface area contributed by atoms with Gasteiger partial charge in [0.25, 0.3) is 5.91 Å². The summed E-state index contributed by atoms with van der Waals surface area (Å²) in [4.78, 5) is 25.2. The van der Waals surface area contributed by atoms with E-state index in [2.05, 4.69) is 0 Å². The summed E-state index contributed by atoms with van der Waals surface area (Å²) in [5.74, 6) is -2.74. The van der Waals surface area contributed by atoms with Gasteiger partial charge < -0.3 is 4.90 Å². The standard InChI is InChI=1S/C17H16F2N2O4S2/c1-11(22)14-5-6-15(26-14)17(23)20-7-9-21(10-8-20)27(24,25)16-12(18)3-2-4-13(16)19/h2-6H,7-10H2,1H3. The quantitative estimate of drug-likeness (QED) is 0.720. The van der Waals surface area contributed by atoms with Gasteiger partial charge in [-0.05, 0) is 31.2 Å². The number of nitrogens with zero attached hydrogens (tertiary/aromatic N) is 2. The van der Waals surface area contributed by atoms with E-state index >= 15 is 0 Å². The maximum absolute atomic E-state index is 13.9. The van der Waals surface area contributed by atoms with Gasteiger partial charge in [-0.15, -0.1) is 11.3 Å². The highest BCUT2D eigenvalue weighted by atomic mass is 32.2. The Morgan fingerprint density at radius 1 is 0.963 bits per heavy atom. The van der Waals surface area contributed by atoms with Gasteiger partial charge in [0.2, 0.25) is 10.0 Å². The van der Waals surface area contributed by atoms with Gasteiger partial charge in [-0.2, -0.15) is 4.31 Å². The highest BCUT2D eigenvalue weighted by Crippen LogP contribution is 2.25. The molecule has 0 unspecified atom stereocenters. The smallest absolute Gasteiger partial charge is 0.264 e. The highest BCUT2D eigenvalue weighted by Gasteiger charge is 2.34. The van der Waals surface area contributed by atoms with Gasteiger partial charge in [-0.3, -0.25) is 9.59 Å². The zero-order valence-electron chi connectivity index (χ0n) is 14.3. The second kappa shape index (κ2) is 7.45. The summed E-state index contributed by atoms with van der Waals surface area (Å²) in [6.07, 6.45) is 0. The first-order valence-corrected chi connectivity index (χ1v) is 10.3. The van der Waals surface area contributed by atoms with Crippen molar-refractivity contribution in [2.24, 2.45) is 0 Å². The normalized spacial score (nSPS) is 15.7. The Morgan fingerprint density at radius 2 is 1.52 bits per heavy atom. The number of piperazine rings is 1. The first kappa shape index (κ1) is 19.6. The number of rotatable bonds is 4. The Labute approximate surface area is 159 Å². The first-order chi connectivity index (χ1) is 12.7. The van der Waals surface area contributed by atoms with Crippen molar-refractivity contribution in [2.45, 2.75) is 11.8 Å². The van der Waals surface area contributed by atoms with E-state index < -0.39 is 26.6 Å². The fourth-order valence-electron chi connectivity index (χ4n) is 2.79. The van der Waals surface area contributed by atoms with E-state index in [4.69, 9.17) is 0 Å². The molecular formula is C17H16F2N2O4S2. The zero-order valence-corrected chi connectivity index (χ0v) is 15.9. The minimum absolute atomic E-state index is 0.0766. The molecule has 0 N–H and O–H groups in total. The van der Waals surface area contributed by atoms with Crippen molar-refractivity contribution in [1.82, 2.24) is 9.21 Å². The van der Waals surface area contributed by atoms with Crippen LogP contribution in [0, 0.1) is 11.6 Å². The van der Waals surface area contributed by atoms with E-state index in [0.717, 1.165) is 33.8 Å². The third-order valence-corrected chi connectivity index (χ3v) is 7.33. The number of ketones is 1. The van der Waals surface area contributed by atoms with E-state index in [1.54, 1.807) is 12.1 Å². The molecule has 1 saturated heterocycles. The van der Waals surface area contributed by atoms with Gasteiger partial charge in [0.05, 0.1) is 9.75 Å². The first-order valence-electron chi connectivity index (χ1n) is 8.06. The van der Waals surface area contributed by atoms with Crippen LogP contribution in [0.15, 0.2) is 35.2 Å². The van der Waals surface area contributed by atoms with Gasteiger partial charge in [-0.25, -0.2) is 17.2 Å². The molecule has 1 aromatic carbocycles. The Bertz CT molecular complexity index is 976. The average molecular weight is 414 g/mol. The number of amides is 1. The van der Waals surface area contributed by atoms with E-state index in [0.29, 0.717) is 9.75 Å². The lowest BCUT2D eigenvalue weighted by Gasteiger charge is -2.33. The van der Waals surface area contributed by atoms with Crippen LogP contribution in [0.5, 0.6) is 0 Å². The lowest BCUT2D eigenvalue weighted by atomic mass is 10.3. The molecule has 0 saturated carbocycles. The molecule has 144 valence electrons. The third kappa shape index (κ3) is 3.78. The molecule has 0 aliphatic carbocycles. The van der Waals surface area contributed by atoms with Crippen LogP contribution in [0.3, 0.4) is 0 Å². The minimum Gasteiger partial charge on any atom is -0.335 e.